The molecule has 0 unspecified atom stereocenters. The summed E-state index contributed by atoms with van der Waals surface area (Å²) >= 11 is 5.96. The van der Waals surface area contributed by atoms with Gasteiger partial charge in [0.05, 0.1) is 0 Å². The third-order valence-electron chi connectivity index (χ3n) is 3.14. The van der Waals surface area contributed by atoms with Crippen molar-refractivity contribution in [1.29, 1.82) is 0 Å². The fourth-order valence-corrected chi connectivity index (χ4v) is 2.10. The SMILES string of the molecule is CC[C@@H](Oc1ccccc1)C(=O)Nc1cc(Cl)ccc1C. The van der Waals surface area contributed by atoms with Gasteiger partial charge in [-0.1, -0.05) is 42.8 Å². The summed E-state index contributed by atoms with van der Waals surface area (Å²) in [4.78, 5) is 12.3. The van der Waals surface area contributed by atoms with E-state index in [1.54, 1.807) is 12.1 Å². The van der Waals surface area contributed by atoms with Crippen molar-refractivity contribution in [1.82, 2.24) is 0 Å². The highest BCUT2D eigenvalue weighted by Gasteiger charge is 2.19. The minimum Gasteiger partial charge on any atom is -0.481 e. The van der Waals surface area contributed by atoms with Crippen LogP contribution >= 0.6 is 11.6 Å². The number of halogens is 1. The Morgan fingerprint density at radius 2 is 1.95 bits per heavy atom. The van der Waals surface area contributed by atoms with Crippen LogP contribution in [0.1, 0.15) is 18.9 Å². The van der Waals surface area contributed by atoms with E-state index >= 15 is 0 Å². The van der Waals surface area contributed by atoms with Gasteiger partial charge in [0.15, 0.2) is 6.10 Å². The highest BCUT2D eigenvalue weighted by molar-refractivity contribution is 6.31. The lowest BCUT2D eigenvalue weighted by molar-refractivity contribution is -0.122. The topological polar surface area (TPSA) is 38.3 Å². The summed E-state index contributed by atoms with van der Waals surface area (Å²) < 4.78 is 5.72. The van der Waals surface area contributed by atoms with Crippen LogP contribution in [-0.4, -0.2) is 12.0 Å². The molecule has 0 bridgehead atoms. The van der Waals surface area contributed by atoms with E-state index in [2.05, 4.69) is 5.32 Å². The van der Waals surface area contributed by atoms with Gasteiger partial charge in [-0.15, -0.1) is 0 Å². The predicted octanol–water partition coefficient (Wildman–Crippen LogP) is 4.44. The van der Waals surface area contributed by atoms with Gasteiger partial charge in [0.25, 0.3) is 5.91 Å². The number of benzene rings is 2. The summed E-state index contributed by atoms with van der Waals surface area (Å²) in [5.41, 5.74) is 1.67. The molecular formula is C17H18ClNO2. The molecule has 0 saturated heterocycles. The van der Waals surface area contributed by atoms with Crippen LogP contribution in [0.2, 0.25) is 5.02 Å². The summed E-state index contributed by atoms with van der Waals surface area (Å²) in [7, 11) is 0. The van der Waals surface area contributed by atoms with Gasteiger partial charge >= 0.3 is 0 Å². The maximum atomic E-state index is 12.3. The molecular weight excluding hydrogens is 286 g/mol. The van der Waals surface area contributed by atoms with Gasteiger partial charge in [-0.25, -0.2) is 0 Å². The Bertz CT molecular complexity index is 613. The van der Waals surface area contributed by atoms with Gasteiger partial charge in [-0.2, -0.15) is 0 Å². The zero-order valence-electron chi connectivity index (χ0n) is 12.1. The largest absolute Gasteiger partial charge is 0.481 e. The molecule has 0 radical (unpaired) electrons. The first-order valence-corrected chi connectivity index (χ1v) is 7.26. The van der Waals surface area contributed by atoms with Gasteiger partial charge in [0, 0.05) is 10.7 Å². The first-order valence-electron chi connectivity index (χ1n) is 6.89. The summed E-state index contributed by atoms with van der Waals surface area (Å²) in [6.45, 7) is 3.84. The molecule has 1 amide bonds. The number of amides is 1. The second kappa shape index (κ2) is 7.14. The second-order valence-corrected chi connectivity index (χ2v) is 5.21. The van der Waals surface area contributed by atoms with Crippen LogP contribution in [0.3, 0.4) is 0 Å². The Morgan fingerprint density at radius 3 is 2.62 bits per heavy atom. The smallest absolute Gasteiger partial charge is 0.265 e. The van der Waals surface area contributed by atoms with Crippen LogP contribution in [0.15, 0.2) is 48.5 Å². The van der Waals surface area contributed by atoms with E-state index in [4.69, 9.17) is 16.3 Å². The van der Waals surface area contributed by atoms with Crippen LogP contribution < -0.4 is 10.1 Å². The minimum atomic E-state index is -0.536. The summed E-state index contributed by atoms with van der Waals surface area (Å²) in [5, 5.41) is 3.46. The average Bonchev–Trinajstić information content (AvgIpc) is 2.49. The molecule has 3 nitrogen and oxygen atoms in total. The number of carbonyl (C=O) groups is 1. The monoisotopic (exact) mass is 303 g/mol. The molecule has 0 spiro atoms. The lowest BCUT2D eigenvalue weighted by Gasteiger charge is -2.18. The molecule has 0 fully saturated rings. The van der Waals surface area contributed by atoms with Crippen molar-refractivity contribution in [2.45, 2.75) is 26.4 Å². The van der Waals surface area contributed by atoms with Gasteiger partial charge in [-0.05, 0) is 43.2 Å². The quantitative estimate of drug-likeness (QED) is 0.886. The molecule has 0 heterocycles. The van der Waals surface area contributed by atoms with E-state index in [-0.39, 0.29) is 5.91 Å². The fourth-order valence-electron chi connectivity index (χ4n) is 1.93. The molecule has 0 aliphatic heterocycles. The number of aryl methyl sites for hydroxylation is 1. The Kier molecular flexibility index (Phi) is 5.23. The van der Waals surface area contributed by atoms with Crippen molar-refractivity contribution >= 4 is 23.2 Å². The van der Waals surface area contributed by atoms with E-state index in [0.29, 0.717) is 22.9 Å². The van der Waals surface area contributed by atoms with Crippen molar-refractivity contribution in [3.05, 3.63) is 59.1 Å². The lowest BCUT2D eigenvalue weighted by Crippen LogP contribution is -2.32. The Morgan fingerprint density at radius 1 is 1.24 bits per heavy atom. The van der Waals surface area contributed by atoms with Crippen LogP contribution in [0.25, 0.3) is 0 Å². The average molecular weight is 304 g/mol. The van der Waals surface area contributed by atoms with Gasteiger partial charge in [0.2, 0.25) is 0 Å². The molecule has 110 valence electrons. The maximum Gasteiger partial charge on any atom is 0.265 e. The molecule has 0 aliphatic rings. The number of rotatable bonds is 5. The number of nitrogens with one attached hydrogen (secondary N) is 1. The van der Waals surface area contributed by atoms with E-state index in [1.165, 1.54) is 0 Å². The Hall–Kier alpha value is -2.00. The molecule has 0 aromatic heterocycles. The van der Waals surface area contributed by atoms with E-state index < -0.39 is 6.10 Å². The summed E-state index contributed by atoms with van der Waals surface area (Å²) in [6.07, 6.45) is 0.0474. The first-order chi connectivity index (χ1) is 10.1. The number of anilines is 1. The van der Waals surface area contributed by atoms with Crippen molar-refractivity contribution in [3.8, 4) is 5.75 Å². The molecule has 21 heavy (non-hydrogen) atoms. The summed E-state index contributed by atoms with van der Waals surface area (Å²) in [5.74, 6) is 0.508. The van der Waals surface area contributed by atoms with Crippen molar-refractivity contribution in [3.63, 3.8) is 0 Å². The lowest BCUT2D eigenvalue weighted by atomic mass is 10.2. The maximum absolute atomic E-state index is 12.3. The van der Waals surface area contributed by atoms with Gasteiger partial charge in [-0.3, -0.25) is 4.79 Å². The third-order valence-corrected chi connectivity index (χ3v) is 3.38. The highest BCUT2D eigenvalue weighted by Crippen LogP contribution is 2.21. The molecule has 2 rings (SSSR count). The van der Waals surface area contributed by atoms with Crippen molar-refractivity contribution < 1.29 is 9.53 Å². The molecule has 0 saturated carbocycles. The molecule has 2 aromatic rings. The Labute approximate surface area is 129 Å². The second-order valence-electron chi connectivity index (χ2n) is 4.78. The van der Waals surface area contributed by atoms with Crippen LogP contribution in [-0.2, 0) is 4.79 Å². The molecule has 4 heteroatoms. The van der Waals surface area contributed by atoms with Crippen molar-refractivity contribution in [2.24, 2.45) is 0 Å². The fraction of sp³-hybridized carbons (Fsp3) is 0.235. The number of hydrogen-bond donors (Lipinski definition) is 1. The van der Waals surface area contributed by atoms with E-state index in [9.17, 15) is 4.79 Å². The normalized spacial score (nSPS) is 11.8. The zero-order chi connectivity index (χ0) is 15.2. The Balaban J connectivity index is 2.08. The van der Waals surface area contributed by atoms with Crippen LogP contribution in [0.5, 0.6) is 5.75 Å². The number of ether oxygens (including phenoxy) is 1. The predicted molar refractivity (Wildman–Crippen MR) is 86.0 cm³/mol. The molecule has 1 atom stereocenters. The van der Waals surface area contributed by atoms with E-state index in [1.807, 2.05) is 50.2 Å². The van der Waals surface area contributed by atoms with Gasteiger partial charge in [0.1, 0.15) is 5.75 Å². The minimum absolute atomic E-state index is 0.174. The molecule has 2 aromatic carbocycles. The zero-order valence-corrected chi connectivity index (χ0v) is 12.9. The van der Waals surface area contributed by atoms with Crippen LogP contribution in [0.4, 0.5) is 5.69 Å². The number of carbonyl (C=O) groups excluding carboxylic acids is 1. The number of para-hydroxylation sites is 1. The highest BCUT2D eigenvalue weighted by atomic mass is 35.5. The molecule has 1 N–H and O–H groups in total. The number of hydrogen-bond acceptors (Lipinski definition) is 2. The van der Waals surface area contributed by atoms with E-state index in [0.717, 1.165) is 5.56 Å². The van der Waals surface area contributed by atoms with Crippen molar-refractivity contribution in [2.75, 3.05) is 5.32 Å². The molecule has 0 aliphatic carbocycles. The van der Waals surface area contributed by atoms with Gasteiger partial charge < -0.3 is 10.1 Å². The first kappa shape index (κ1) is 15.4. The standard InChI is InChI=1S/C17H18ClNO2/c1-3-16(21-14-7-5-4-6-8-14)17(20)19-15-11-13(18)10-9-12(15)2/h4-11,16H,3H2,1-2H3,(H,19,20)/t16-/m1/s1. The third kappa shape index (κ3) is 4.23. The summed E-state index contributed by atoms with van der Waals surface area (Å²) in [6, 6.07) is 14.7. The van der Waals surface area contributed by atoms with Crippen LogP contribution in [0, 0.1) is 6.92 Å².